The number of hydrogen-bond acceptors (Lipinski definition) is 4. The minimum absolute atomic E-state index is 0. The number of anilines is 1. The van der Waals surface area contributed by atoms with Crippen LogP contribution in [0.15, 0.2) is 18.2 Å². The number of carbonyl (C=O) groups is 1. The molecular formula is C22H30Cl2FN5O. The van der Waals surface area contributed by atoms with Crippen molar-refractivity contribution in [1.29, 1.82) is 0 Å². The van der Waals surface area contributed by atoms with Crippen molar-refractivity contribution in [3.8, 4) is 11.4 Å². The van der Waals surface area contributed by atoms with Gasteiger partial charge in [0.1, 0.15) is 11.6 Å². The average Bonchev–Trinajstić information content (AvgIpc) is 3.28. The zero-order valence-electron chi connectivity index (χ0n) is 17.5. The van der Waals surface area contributed by atoms with Gasteiger partial charge in [0.2, 0.25) is 5.91 Å². The third-order valence-electron chi connectivity index (χ3n) is 7.06. The lowest BCUT2D eigenvalue weighted by molar-refractivity contribution is -0.128. The molecule has 31 heavy (non-hydrogen) atoms. The van der Waals surface area contributed by atoms with Gasteiger partial charge in [-0.05, 0) is 56.3 Å². The topological polar surface area (TPSA) is 71.8 Å². The molecule has 1 aliphatic carbocycles. The number of halogens is 3. The Kier molecular flexibility index (Phi) is 7.60. The van der Waals surface area contributed by atoms with Gasteiger partial charge in [0.05, 0.1) is 11.0 Å². The van der Waals surface area contributed by atoms with E-state index < -0.39 is 0 Å². The number of hydrogen-bond donors (Lipinski definition) is 2. The summed E-state index contributed by atoms with van der Waals surface area (Å²) in [6.45, 7) is 2.45. The Balaban J connectivity index is 0.00000136. The van der Waals surface area contributed by atoms with Crippen LogP contribution in [0, 0.1) is 17.2 Å². The molecule has 1 saturated carbocycles. The number of aryl methyl sites for hydroxylation is 1. The van der Waals surface area contributed by atoms with E-state index >= 15 is 0 Å². The molecule has 9 heteroatoms. The van der Waals surface area contributed by atoms with E-state index in [1.165, 1.54) is 12.5 Å². The van der Waals surface area contributed by atoms with Crippen LogP contribution < -0.4 is 10.6 Å². The standard InChI is InChI=1S/C22H28FN5O.2ClH/c23-18-9-8-16(25-21(29)22-10-4-3-6-15(22)13-24-14-22)12-17(18)20-27-26-19-7-2-1-5-11-28(19)20;;/h8-9,12,15,24H,1-7,10-11,13-14H2,(H,25,29);2*1H/t15-,22+;;/m0../s1. The number of nitrogens with zero attached hydrogens (tertiary/aromatic N) is 3. The van der Waals surface area contributed by atoms with Gasteiger partial charge >= 0.3 is 0 Å². The molecule has 1 amide bonds. The molecule has 0 radical (unpaired) electrons. The third-order valence-corrected chi connectivity index (χ3v) is 7.06. The van der Waals surface area contributed by atoms with Gasteiger partial charge in [0.25, 0.3) is 0 Å². The average molecular weight is 470 g/mol. The fourth-order valence-corrected chi connectivity index (χ4v) is 5.40. The Morgan fingerprint density at radius 3 is 2.90 bits per heavy atom. The van der Waals surface area contributed by atoms with Gasteiger partial charge in [0.15, 0.2) is 5.82 Å². The molecule has 1 aromatic heterocycles. The van der Waals surface area contributed by atoms with Gasteiger partial charge in [-0.25, -0.2) is 4.39 Å². The van der Waals surface area contributed by atoms with Crippen LogP contribution >= 0.6 is 24.8 Å². The Morgan fingerprint density at radius 2 is 2.03 bits per heavy atom. The lowest BCUT2D eigenvalue weighted by Gasteiger charge is -2.37. The van der Waals surface area contributed by atoms with Crippen molar-refractivity contribution in [2.45, 2.75) is 57.9 Å². The second-order valence-electron chi connectivity index (χ2n) is 8.78. The Morgan fingerprint density at radius 1 is 1.16 bits per heavy atom. The van der Waals surface area contributed by atoms with E-state index in [1.807, 2.05) is 4.57 Å². The summed E-state index contributed by atoms with van der Waals surface area (Å²) >= 11 is 0. The molecule has 1 aromatic carbocycles. The van der Waals surface area contributed by atoms with Crippen molar-refractivity contribution in [2.75, 3.05) is 18.4 Å². The number of rotatable bonds is 3. The van der Waals surface area contributed by atoms with Crippen molar-refractivity contribution in [1.82, 2.24) is 20.1 Å². The minimum Gasteiger partial charge on any atom is -0.326 e. The second kappa shape index (κ2) is 9.84. The Bertz CT molecular complexity index is 937. The predicted octanol–water partition coefficient (Wildman–Crippen LogP) is 4.37. The molecule has 2 aliphatic heterocycles. The van der Waals surface area contributed by atoms with E-state index in [9.17, 15) is 9.18 Å². The van der Waals surface area contributed by atoms with Gasteiger partial charge < -0.3 is 15.2 Å². The maximum absolute atomic E-state index is 14.7. The summed E-state index contributed by atoms with van der Waals surface area (Å²) in [5, 5.41) is 15.1. The highest BCUT2D eigenvalue weighted by atomic mass is 35.5. The van der Waals surface area contributed by atoms with Crippen molar-refractivity contribution in [3.63, 3.8) is 0 Å². The first-order valence-electron chi connectivity index (χ1n) is 10.9. The Hall–Kier alpha value is -1.70. The van der Waals surface area contributed by atoms with E-state index in [2.05, 4.69) is 20.8 Å². The van der Waals surface area contributed by atoms with Crippen LogP contribution in [0.2, 0.25) is 0 Å². The molecule has 0 bridgehead atoms. The molecule has 0 spiro atoms. The monoisotopic (exact) mass is 469 g/mol. The van der Waals surface area contributed by atoms with Crippen LogP contribution in [-0.2, 0) is 17.8 Å². The third kappa shape index (κ3) is 4.32. The molecule has 3 heterocycles. The van der Waals surface area contributed by atoms with E-state index in [1.54, 1.807) is 12.1 Å². The van der Waals surface area contributed by atoms with Crippen molar-refractivity contribution < 1.29 is 9.18 Å². The second-order valence-corrected chi connectivity index (χ2v) is 8.78. The summed E-state index contributed by atoms with van der Waals surface area (Å²) in [6.07, 6.45) is 8.47. The molecule has 2 atom stereocenters. The Labute approximate surface area is 194 Å². The van der Waals surface area contributed by atoms with Gasteiger partial charge in [-0.2, -0.15) is 0 Å². The lowest BCUT2D eigenvalue weighted by Crippen LogP contribution is -2.44. The highest BCUT2D eigenvalue weighted by Gasteiger charge is 2.49. The van der Waals surface area contributed by atoms with E-state index in [0.717, 1.165) is 70.4 Å². The zero-order valence-corrected chi connectivity index (χ0v) is 19.2. The summed E-state index contributed by atoms with van der Waals surface area (Å²) < 4.78 is 16.7. The smallest absolute Gasteiger partial charge is 0.232 e. The molecule has 2 fully saturated rings. The van der Waals surface area contributed by atoms with Crippen LogP contribution in [0.5, 0.6) is 0 Å². The molecule has 5 rings (SSSR count). The van der Waals surface area contributed by atoms with Gasteiger partial charge in [-0.15, -0.1) is 35.0 Å². The lowest BCUT2D eigenvalue weighted by atomic mass is 9.67. The summed E-state index contributed by atoms with van der Waals surface area (Å²) in [5.41, 5.74) is 0.701. The number of nitrogens with one attached hydrogen (secondary N) is 2. The molecular weight excluding hydrogens is 440 g/mol. The maximum Gasteiger partial charge on any atom is 0.232 e. The van der Waals surface area contributed by atoms with Crippen LogP contribution in [0.4, 0.5) is 10.1 Å². The van der Waals surface area contributed by atoms with Crippen LogP contribution in [0.1, 0.15) is 50.8 Å². The van der Waals surface area contributed by atoms with Gasteiger partial charge in [0, 0.05) is 25.2 Å². The van der Waals surface area contributed by atoms with Crippen molar-refractivity contribution >= 4 is 36.4 Å². The molecule has 0 unspecified atom stereocenters. The fraction of sp³-hybridized carbons (Fsp3) is 0.591. The molecule has 6 nitrogen and oxygen atoms in total. The highest BCUT2D eigenvalue weighted by molar-refractivity contribution is 5.96. The molecule has 2 N–H and O–H groups in total. The highest BCUT2D eigenvalue weighted by Crippen LogP contribution is 2.44. The predicted molar refractivity (Wildman–Crippen MR) is 123 cm³/mol. The number of aromatic nitrogens is 3. The normalized spacial score (nSPS) is 24.7. The summed E-state index contributed by atoms with van der Waals surface area (Å²) in [6, 6.07) is 4.78. The molecule has 2 aromatic rings. The van der Waals surface area contributed by atoms with Crippen LogP contribution in [0.25, 0.3) is 11.4 Å². The van der Waals surface area contributed by atoms with Crippen molar-refractivity contribution in [3.05, 3.63) is 29.8 Å². The summed E-state index contributed by atoms with van der Waals surface area (Å²) in [7, 11) is 0. The minimum atomic E-state index is -0.335. The number of benzene rings is 1. The largest absolute Gasteiger partial charge is 0.326 e. The summed E-state index contributed by atoms with van der Waals surface area (Å²) in [5.74, 6) is 1.60. The van der Waals surface area contributed by atoms with E-state index in [0.29, 0.717) is 23.0 Å². The summed E-state index contributed by atoms with van der Waals surface area (Å²) in [4.78, 5) is 13.3. The first-order chi connectivity index (χ1) is 14.2. The zero-order chi connectivity index (χ0) is 19.8. The van der Waals surface area contributed by atoms with Gasteiger partial charge in [-0.3, -0.25) is 4.79 Å². The fourth-order valence-electron chi connectivity index (χ4n) is 5.40. The maximum atomic E-state index is 14.7. The van der Waals surface area contributed by atoms with Crippen LogP contribution in [0.3, 0.4) is 0 Å². The van der Waals surface area contributed by atoms with Crippen LogP contribution in [-0.4, -0.2) is 33.8 Å². The van der Waals surface area contributed by atoms with Crippen molar-refractivity contribution in [2.24, 2.45) is 11.3 Å². The first kappa shape index (κ1) is 24.0. The number of carbonyl (C=O) groups excluding carboxylic acids is 1. The van der Waals surface area contributed by atoms with E-state index in [-0.39, 0.29) is 42.0 Å². The molecule has 170 valence electrons. The van der Waals surface area contributed by atoms with Gasteiger partial charge in [-0.1, -0.05) is 19.3 Å². The molecule has 1 saturated heterocycles. The number of amides is 1. The SMILES string of the molecule is Cl.Cl.O=C(Nc1ccc(F)c(-c2nnc3n2CCCCC3)c1)[C@@]12CCCC[C@H]1CNC2. The molecule has 3 aliphatic rings. The number of fused-ring (bicyclic) bond motifs is 2. The quantitative estimate of drug-likeness (QED) is 0.699. The first-order valence-corrected chi connectivity index (χ1v) is 10.9. The van der Waals surface area contributed by atoms with E-state index in [4.69, 9.17) is 0 Å².